The lowest BCUT2D eigenvalue weighted by molar-refractivity contribution is -0.137. The van der Waals surface area contributed by atoms with E-state index in [1.54, 1.807) is 4.90 Å². The summed E-state index contributed by atoms with van der Waals surface area (Å²) in [6.45, 7) is 2.04. The molecule has 37 heavy (non-hydrogen) atoms. The lowest BCUT2D eigenvalue weighted by Crippen LogP contribution is -2.58. The molecule has 1 saturated heterocycles. The van der Waals surface area contributed by atoms with Gasteiger partial charge in [0.15, 0.2) is 0 Å². The summed E-state index contributed by atoms with van der Waals surface area (Å²) in [6, 6.07) is 12.6. The van der Waals surface area contributed by atoms with E-state index in [4.69, 9.17) is 0 Å². The molecule has 1 aliphatic heterocycles. The Labute approximate surface area is 216 Å². The first-order valence-electron chi connectivity index (χ1n) is 13.4. The molecule has 0 spiro atoms. The normalized spacial score (nSPS) is 21.9. The van der Waals surface area contributed by atoms with Gasteiger partial charge in [0.05, 0.1) is 17.6 Å². The van der Waals surface area contributed by atoms with Gasteiger partial charge in [-0.3, -0.25) is 14.5 Å². The van der Waals surface area contributed by atoms with Crippen molar-refractivity contribution in [1.29, 1.82) is 0 Å². The number of amides is 2. The molecule has 2 fully saturated rings. The number of carbonyl (C=O) groups excluding carboxylic acids is 2. The summed E-state index contributed by atoms with van der Waals surface area (Å²) in [4.78, 5) is 30.6. The van der Waals surface area contributed by atoms with E-state index in [9.17, 15) is 22.8 Å². The highest BCUT2D eigenvalue weighted by molar-refractivity contribution is 5.94. The summed E-state index contributed by atoms with van der Waals surface area (Å²) >= 11 is 0. The number of hydrogen-bond acceptors (Lipinski definition) is 3. The summed E-state index contributed by atoms with van der Waals surface area (Å²) in [5.41, 5.74) is 2.02. The maximum atomic E-state index is 13.7. The number of hydrogen-bond donors (Lipinski definition) is 1. The number of nitrogens with one attached hydrogen (secondary N) is 1. The average Bonchev–Trinajstić information content (AvgIpc) is 3.43. The molecule has 2 aromatic rings. The molecule has 8 heteroatoms. The molecule has 2 atom stereocenters. The van der Waals surface area contributed by atoms with Crippen LogP contribution < -0.4 is 5.32 Å². The molecule has 5 rings (SSSR count). The van der Waals surface area contributed by atoms with E-state index >= 15 is 0 Å². The molecule has 5 nitrogen and oxygen atoms in total. The van der Waals surface area contributed by atoms with E-state index in [-0.39, 0.29) is 29.5 Å². The second kappa shape index (κ2) is 10.9. The van der Waals surface area contributed by atoms with Crippen LogP contribution in [-0.4, -0.2) is 53.8 Å². The van der Waals surface area contributed by atoms with E-state index in [0.717, 1.165) is 57.1 Å². The fourth-order valence-corrected chi connectivity index (χ4v) is 6.30. The zero-order chi connectivity index (χ0) is 26.0. The van der Waals surface area contributed by atoms with Crippen molar-refractivity contribution in [3.8, 4) is 0 Å². The first-order valence-corrected chi connectivity index (χ1v) is 13.4. The Bertz CT molecular complexity index is 1100. The largest absolute Gasteiger partial charge is 0.416 e. The molecule has 1 saturated carbocycles. The van der Waals surface area contributed by atoms with Crippen molar-refractivity contribution < 1.29 is 22.8 Å². The summed E-state index contributed by atoms with van der Waals surface area (Å²) in [6.07, 6.45) is 2.94. The summed E-state index contributed by atoms with van der Waals surface area (Å²) in [5, 5.41) is 3.37. The van der Waals surface area contributed by atoms with E-state index in [2.05, 4.69) is 28.4 Å². The van der Waals surface area contributed by atoms with Crippen molar-refractivity contribution in [2.45, 2.75) is 63.2 Å². The molecule has 2 amide bonds. The van der Waals surface area contributed by atoms with Gasteiger partial charge in [-0.1, -0.05) is 37.1 Å². The second-order valence-corrected chi connectivity index (χ2v) is 10.5. The Morgan fingerprint density at radius 2 is 1.54 bits per heavy atom. The highest BCUT2D eigenvalue weighted by Crippen LogP contribution is 2.34. The van der Waals surface area contributed by atoms with Gasteiger partial charge in [0.1, 0.15) is 0 Å². The number of nitrogens with zero attached hydrogens (tertiary/aromatic N) is 2. The third-order valence-corrected chi connectivity index (χ3v) is 8.25. The van der Waals surface area contributed by atoms with E-state index in [0.29, 0.717) is 32.1 Å². The van der Waals surface area contributed by atoms with Crippen molar-refractivity contribution in [1.82, 2.24) is 15.1 Å². The molecule has 0 radical (unpaired) electrons. The topological polar surface area (TPSA) is 52.7 Å². The van der Waals surface area contributed by atoms with Crippen molar-refractivity contribution in [3.05, 3.63) is 70.8 Å². The monoisotopic (exact) mass is 513 g/mol. The van der Waals surface area contributed by atoms with Gasteiger partial charge in [-0.25, -0.2) is 0 Å². The number of halogens is 3. The fourth-order valence-electron chi connectivity index (χ4n) is 6.30. The molecule has 2 aliphatic carbocycles. The predicted octanol–water partition coefficient (Wildman–Crippen LogP) is 5.22. The van der Waals surface area contributed by atoms with Crippen molar-refractivity contribution in [2.75, 3.05) is 26.2 Å². The van der Waals surface area contributed by atoms with Crippen LogP contribution in [0.15, 0.2) is 48.5 Å². The van der Waals surface area contributed by atoms with Crippen LogP contribution in [0.1, 0.15) is 71.6 Å². The standard InChI is InChI=1S/C29H34F3N3O2/c30-29(31,32)23-14-12-22(13-15-23)28(37)35-18-16-34(17-19-35)26(21-7-1-2-8-21)27(36)33-25-11-5-9-20-6-3-4-10-24(20)25/h3-4,6,10,12-15,21,25-26H,1-2,5,7-9,11,16-19H2,(H,33,36)/t25-,26-/m1/s1. The van der Waals surface area contributed by atoms with Crippen LogP contribution in [0, 0.1) is 5.92 Å². The Morgan fingerprint density at radius 1 is 0.865 bits per heavy atom. The highest BCUT2D eigenvalue weighted by atomic mass is 19.4. The molecule has 198 valence electrons. The lowest BCUT2D eigenvalue weighted by Gasteiger charge is -2.41. The quantitative estimate of drug-likeness (QED) is 0.597. The average molecular weight is 514 g/mol. The maximum Gasteiger partial charge on any atom is 0.416 e. The van der Waals surface area contributed by atoms with Gasteiger partial charge >= 0.3 is 6.18 Å². The van der Waals surface area contributed by atoms with Crippen molar-refractivity contribution >= 4 is 11.8 Å². The summed E-state index contributed by atoms with van der Waals surface area (Å²) < 4.78 is 38.6. The number of benzene rings is 2. The Hall–Kier alpha value is -2.87. The van der Waals surface area contributed by atoms with Gasteiger partial charge in [-0.15, -0.1) is 0 Å². The van der Waals surface area contributed by atoms with Crippen LogP contribution in [0.2, 0.25) is 0 Å². The highest BCUT2D eigenvalue weighted by Gasteiger charge is 2.38. The molecule has 2 aromatic carbocycles. The summed E-state index contributed by atoms with van der Waals surface area (Å²) in [5.74, 6) is 0.112. The minimum absolute atomic E-state index is 0.0314. The molecular weight excluding hydrogens is 479 g/mol. The molecule has 1 heterocycles. The molecule has 0 bridgehead atoms. The molecule has 3 aliphatic rings. The van der Waals surface area contributed by atoms with E-state index in [1.165, 1.54) is 23.3 Å². The van der Waals surface area contributed by atoms with E-state index < -0.39 is 11.7 Å². The molecule has 0 unspecified atom stereocenters. The number of piperazine rings is 1. The van der Waals surface area contributed by atoms with E-state index in [1.807, 2.05) is 6.07 Å². The van der Waals surface area contributed by atoms with Crippen molar-refractivity contribution in [3.63, 3.8) is 0 Å². The van der Waals surface area contributed by atoms with Crippen LogP contribution in [0.25, 0.3) is 0 Å². The molecule has 0 aromatic heterocycles. The number of aryl methyl sites for hydroxylation is 1. The predicted molar refractivity (Wildman–Crippen MR) is 135 cm³/mol. The fraction of sp³-hybridized carbons (Fsp3) is 0.517. The minimum Gasteiger partial charge on any atom is -0.348 e. The van der Waals surface area contributed by atoms with Gasteiger partial charge in [-0.05, 0) is 73.4 Å². The number of fused-ring (bicyclic) bond motifs is 1. The lowest BCUT2D eigenvalue weighted by atomic mass is 9.87. The molecule has 1 N–H and O–H groups in total. The van der Waals surface area contributed by atoms with Gasteiger partial charge in [0, 0.05) is 31.7 Å². The smallest absolute Gasteiger partial charge is 0.348 e. The first kappa shape index (κ1) is 25.8. The third-order valence-electron chi connectivity index (χ3n) is 8.25. The van der Waals surface area contributed by atoms with Crippen molar-refractivity contribution in [2.24, 2.45) is 5.92 Å². The van der Waals surface area contributed by atoms with Gasteiger partial charge in [0.2, 0.25) is 5.91 Å². The Balaban J connectivity index is 1.24. The van der Waals surface area contributed by atoms with Gasteiger partial charge < -0.3 is 10.2 Å². The van der Waals surface area contributed by atoms with Crippen LogP contribution in [-0.2, 0) is 17.4 Å². The van der Waals surface area contributed by atoms with Crippen LogP contribution in [0.5, 0.6) is 0 Å². The Kier molecular flexibility index (Phi) is 7.56. The number of alkyl halides is 3. The third kappa shape index (κ3) is 5.69. The zero-order valence-electron chi connectivity index (χ0n) is 21.0. The van der Waals surface area contributed by atoms with Crippen LogP contribution >= 0.6 is 0 Å². The Morgan fingerprint density at radius 3 is 2.22 bits per heavy atom. The molecular formula is C29H34F3N3O2. The number of carbonyl (C=O) groups is 2. The second-order valence-electron chi connectivity index (χ2n) is 10.5. The van der Waals surface area contributed by atoms with Crippen LogP contribution in [0.4, 0.5) is 13.2 Å². The van der Waals surface area contributed by atoms with Gasteiger partial charge in [0.25, 0.3) is 5.91 Å². The zero-order valence-corrected chi connectivity index (χ0v) is 21.0. The maximum absolute atomic E-state index is 13.7. The minimum atomic E-state index is -4.43. The SMILES string of the molecule is O=C(N[C@@H]1CCCc2ccccc21)[C@@H](C1CCCC1)N1CCN(C(=O)c2ccc(C(F)(F)F)cc2)CC1. The van der Waals surface area contributed by atoms with Crippen LogP contribution in [0.3, 0.4) is 0 Å². The van der Waals surface area contributed by atoms with Gasteiger partial charge in [-0.2, -0.15) is 13.2 Å². The number of rotatable bonds is 5. The first-order chi connectivity index (χ1) is 17.8. The summed E-state index contributed by atoms with van der Waals surface area (Å²) in [7, 11) is 0.